The predicted molar refractivity (Wildman–Crippen MR) is 77.8 cm³/mol. The number of benzene rings is 1. The van der Waals surface area contributed by atoms with Crippen molar-refractivity contribution in [2.75, 3.05) is 13.1 Å². The van der Waals surface area contributed by atoms with E-state index in [2.05, 4.69) is 11.8 Å². The molecule has 0 bridgehead atoms. The summed E-state index contributed by atoms with van der Waals surface area (Å²) in [5.41, 5.74) is 0.635. The lowest BCUT2D eigenvalue weighted by molar-refractivity contribution is -0.151. The van der Waals surface area contributed by atoms with Crippen molar-refractivity contribution >= 4 is 5.97 Å². The minimum Gasteiger partial charge on any atom is -0.508 e. The molecule has 0 aliphatic carbocycles. The molecule has 1 saturated heterocycles. The van der Waals surface area contributed by atoms with Crippen LogP contribution in [0, 0.1) is 5.41 Å². The van der Waals surface area contributed by atoms with Crippen LogP contribution in [0.3, 0.4) is 0 Å². The summed E-state index contributed by atoms with van der Waals surface area (Å²) in [6.45, 7) is 5.69. The Morgan fingerprint density at radius 2 is 1.85 bits per heavy atom. The molecule has 1 fully saturated rings. The van der Waals surface area contributed by atoms with Crippen LogP contribution in [0.15, 0.2) is 24.3 Å². The Bertz CT molecular complexity index is 461. The lowest BCUT2D eigenvalue weighted by Crippen LogP contribution is -2.46. The zero-order chi connectivity index (χ0) is 14.8. The van der Waals surface area contributed by atoms with Crippen molar-refractivity contribution in [2.45, 2.75) is 39.2 Å². The topological polar surface area (TPSA) is 60.8 Å². The van der Waals surface area contributed by atoms with E-state index >= 15 is 0 Å². The lowest BCUT2D eigenvalue weighted by atomic mass is 9.80. The van der Waals surface area contributed by atoms with Gasteiger partial charge in [0.2, 0.25) is 0 Å². The first-order valence-corrected chi connectivity index (χ1v) is 7.16. The quantitative estimate of drug-likeness (QED) is 0.887. The number of carbonyl (C=O) groups is 1. The fourth-order valence-corrected chi connectivity index (χ4v) is 2.77. The summed E-state index contributed by atoms with van der Waals surface area (Å²) in [5, 5.41) is 18.5. The molecule has 1 aliphatic heterocycles. The molecule has 4 nitrogen and oxygen atoms in total. The Morgan fingerprint density at radius 3 is 2.35 bits per heavy atom. The van der Waals surface area contributed by atoms with Gasteiger partial charge in [-0.15, -0.1) is 0 Å². The summed E-state index contributed by atoms with van der Waals surface area (Å²) in [6, 6.07) is 7.69. The molecule has 0 amide bonds. The molecule has 1 atom stereocenters. The maximum atomic E-state index is 11.2. The Kier molecular flexibility index (Phi) is 4.33. The molecule has 2 rings (SSSR count). The van der Waals surface area contributed by atoms with Crippen molar-refractivity contribution in [3.63, 3.8) is 0 Å². The highest BCUT2D eigenvalue weighted by atomic mass is 16.4. The number of carboxylic acids is 1. The second-order valence-electron chi connectivity index (χ2n) is 6.12. The van der Waals surface area contributed by atoms with Gasteiger partial charge in [0.15, 0.2) is 0 Å². The normalized spacial score (nSPS) is 20.5. The number of aromatic hydroxyl groups is 1. The first-order valence-electron chi connectivity index (χ1n) is 7.16. The molecule has 1 aliphatic rings. The van der Waals surface area contributed by atoms with Gasteiger partial charge in [0.05, 0.1) is 5.41 Å². The summed E-state index contributed by atoms with van der Waals surface area (Å²) in [6.07, 6.45) is 2.34. The summed E-state index contributed by atoms with van der Waals surface area (Å²) < 4.78 is 0. The highest BCUT2D eigenvalue weighted by Crippen LogP contribution is 2.32. The number of rotatable bonds is 4. The molecule has 20 heavy (non-hydrogen) atoms. The predicted octanol–water partition coefficient (Wildman–Crippen LogP) is 2.51. The van der Waals surface area contributed by atoms with Crippen LogP contribution in [-0.4, -0.2) is 40.2 Å². The Balaban J connectivity index is 1.90. The number of hydrogen-bond donors (Lipinski definition) is 2. The third-order valence-corrected chi connectivity index (χ3v) is 4.51. The third kappa shape index (κ3) is 3.31. The molecular formula is C16H23NO3. The second kappa shape index (κ2) is 5.83. The van der Waals surface area contributed by atoms with Crippen LogP contribution in [-0.2, 0) is 11.2 Å². The number of likely N-dealkylation sites (tertiary alicyclic amines) is 1. The Hall–Kier alpha value is -1.55. The highest BCUT2D eigenvalue weighted by molar-refractivity contribution is 5.74. The summed E-state index contributed by atoms with van der Waals surface area (Å²) in [4.78, 5) is 13.6. The van der Waals surface area contributed by atoms with Gasteiger partial charge in [-0.3, -0.25) is 4.79 Å². The van der Waals surface area contributed by atoms with Crippen LogP contribution in [0.2, 0.25) is 0 Å². The number of phenolic OH excluding ortho intramolecular Hbond substituents is 1. The van der Waals surface area contributed by atoms with E-state index in [9.17, 15) is 15.0 Å². The number of phenols is 1. The van der Waals surface area contributed by atoms with E-state index in [1.807, 2.05) is 19.1 Å². The van der Waals surface area contributed by atoms with Crippen molar-refractivity contribution in [1.29, 1.82) is 0 Å². The van der Waals surface area contributed by atoms with Crippen LogP contribution < -0.4 is 0 Å². The van der Waals surface area contributed by atoms with Gasteiger partial charge in [0.25, 0.3) is 0 Å². The van der Waals surface area contributed by atoms with Crippen LogP contribution in [0.5, 0.6) is 5.75 Å². The van der Waals surface area contributed by atoms with Crippen LogP contribution in [0.4, 0.5) is 0 Å². The van der Waals surface area contributed by atoms with Gasteiger partial charge in [0.1, 0.15) is 5.75 Å². The van der Waals surface area contributed by atoms with E-state index in [1.54, 1.807) is 12.1 Å². The molecule has 1 aromatic rings. The van der Waals surface area contributed by atoms with Crippen LogP contribution in [0.25, 0.3) is 0 Å². The zero-order valence-electron chi connectivity index (χ0n) is 12.2. The molecule has 0 radical (unpaired) electrons. The fourth-order valence-electron chi connectivity index (χ4n) is 2.77. The number of piperidine rings is 1. The Morgan fingerprint density at radius 1 is 1.30 bits per heavy atom. The number of aliphatic carboxylic acids is 1. The first-order chi connectivity index (χ1) is 9.40. The minimum atomic E-state index is -0.677. The van der Waals surface area contributed by atoms with E-state index in [0.29, 0.717) is 18.9 Å². The standard InChI is InChI=1S/C16H23NO3/c1-12(11-13-3-5-14(18)6-4-13)17-9-7-16(2,8-10-17)15(19)20/h3-6,12,18H,7-11H2,1-2H3,(H,19,20). The van der Waals surface area contributed by atoms with Crippen molar-refractivity contribution in [1.82, 2.24) is 4.90 Å². The molecule has 1 heterocycles. The second-order valence-corrected chi connectivity index (χ2v) is 6.12. The van der Waals surface area contributed by atoms with Gasteiger partial charge in [-0.05, 0) is 63.9 Å². The van der Waals surface area contributed by atoms with Gasteiger partial charge in [-0.25, -0.2) is 0 Å². The maximum absolute atomic E-state index is 11.2. The number of hydrogen-bond acceptors (Lipinski definition) is 3. The molecule has 1 unspecified atom stereocenters. The zero-order valence-corrected chi connectivity index (χ0v) is 12.2. The molecule has 2 N–H and O–H groups in total. The molecule has 110 valence electrons. The average Bonchev–Trinajstić information content (AvgIpc) is 2.42. The summed E-state index contributed by atoms with van der Waals surface area (Å²) in [7, 11) is 0. The third-order valence-electron chi connectivity index (χ3n) is 4.51. The van der Waals surface area contributed by atoms with E-state index in [-0.39, 0.29) is 5.75 Å². The molecule has 0 spiro atoms. The van der Waals surface area contributed by atoms with Crippen molar-refractivity contribution < 1.29 is 15.0 Å². The van der Waals surface area contributed by atoms with E-state index in [1.165, 1.54) is 5.56 Å². The number of nitrogens with zero attached hydrogens (tertiary/aromatic N) is 1. The molecule has 1 aromatic carbocycles. The van der Waals surface area contributed by atoms with Gasteiger partial charge >= 0.3 is 5.97 Å². The summed E-state index contributed by atoms with van der Waals surface area (Å²) >= 11 is 0. The Labute approximate surface area is 120 Å². The van der Waals surface area contributed by atoms with E-state index < -0.39 is 11.4 Å². The maximum Gasteiger partial charge on any atom is 0.309 e. The molecule has 4 heteroatoms. The highest BCUT2D eigenvalue weighted by Gasteiger charge is 2.37. The van der Waals surface area contributed by atoms with Crippen LogP contribution in [0.1, 0.15) is 32.3 Å². The van der Waals surface area contributed by atoms with Crippen LogP contribution >= 0.6 is 0 Å². The van der Waals surface area contributed by atoms with Crippen molar-refractivity contribution in [2.24, 2.45) is 5.41 Å². The average molecular weight is 277 g/mol. The van der Waals surface area contributed by atoms with Gasteiger partial charge in [0, 0.05) is 6.04 Å². The molecule has 0 aromatic heterocycles. The van der Waals surface area contributed by atoms with Gasteiger partial charge in [-0.1, -0.05) is 12.1 Å². The summed E-state index contributed by atoms with van der Waals surface area (Å²) in [5.74, 6) is -0.389. The van der Waals surface area contributed by atoms with Crippen molar-refractivity contribution in [3.8, 4) is 5.75 Å². The van der Waals surface area contributed by atoms with Crippen molar-refractivity contribution in [3.05, 3.63) is 29.8 Å². The molecular weight excluding hydrogens is 254 g/mol. The smallest absolute Gasteiger partial charge is 0.309 e. The van der Waals surface area contributed by atoms with E-state index in [4.69, 9.17) is 0 Å². The largest absolute Gasteiger partial charge is 0.508 e. The van der Waals surface area contributed by atoms with Gasteiger partial charge in [-0.2, -0.15) is 0 Å². The number of carboxylic acid groups (broad SMARTS) is 1. The molecule has 0 saturated carbocycles. The monoisotopic (exact) mass is 277 g/mol. The van der Waals surface area contributed by atoms with Gasteiger partial charge < -0.3 is 15.1 Å². The lowest BCUT2D eigenvalue weighted by Gasteiger charge is -2.39. The first kappa shape index (κ1) is 14.9. The SMILES string of the molecule is CC(Cc1ccc(O)cc1)N1CCC(C)(C(=O)O)CC1. The minimum absolute atomic E-state index is 0.289. The fraction of sp³-hybridized carbons (Fsp3) is 0.562. The van der Waals surface area contributed by atoms with E-state index in [0.717, 1.165) is 19.5 Å².